The first-order chi connectivity index (χ1) is 15.0. The number of carbonyl (C=O) groups excluding carboxylic acids is 2. The molecule has 3 N–H and O–H groups in total. The van der Waals surface area contributed by atoms with E-state index in [9.17, 15) is 9.59 Å². The molecule has 0 aliphatic rings. The number of benzene rings is 3. The second-order valence-corrected chi connectivity index (χ2v) is 6.80. The number of rotatable bonds is 6. The Labute approximate surface area is 185 Å². The molecule has 0 aliphatic carbocycles. The van der Waals surface area contributed by atoms with Crippen molar-refractivity contribution in [3.05, 3.63) is 78.4 Å². The number of nitrogens with one attached hydrogen (secondary N) is 3. The van der Waals surface area contributed by atoms with Crippen LogP contribution in [0.25, 0.3) is 16.8 Å². The molecule has 8 heteroatoms. The van der Waals surface area contributed by atoms with Gasteiger partial charge in [-0.1, -0.05) is 42.5 Å². The topological polar surface area (TPSA) is 88.7 Å². The van der Waals surface area contributed by atoms with Gasteiger partial charge in [0, 0.05) is 6.08 Å². The first-order valence-electron chi connectivity index (χ1n) is 9.37. The van der Waals surface area contributed by atoms with E-state index in [4.69, 9.17) is 21.7 Å². The van der Waals surface area contributed by atoms with Gasteiger partial charge in [0.15, 0.2) is 11.7 Å². The Bertz CT molecular complexity index is 1110. The van der Waals surface area contributed by atoms with Crippen LogP contribution in [-0.4, -0.2) is 30.6 Å². The smallest absolute Gasteiger partial charge is 0.276 e. The van der Waals surface area contributed by atoms with Crippen LogP contribution in [0.2, 0.25) is 0 Å². The quantitative estimate of drug-likeness (QED) is 0.313. The van der Waals surface area contributed by atoms with Crippen LogP contribution >= 0.6 is 12.2 Å². The van der Waals surface area contributed by atoms with Crippen molar-refractivity contribution in [1.82, 2.24) is 16.2 Å². The average molecular weight is 436 g/mol. The minimum atomic E-state index is -0.446. The average Bonchev–Trinajstić information content (AvgIpc) is 2.80. The lowest BCUT2D eigenvalue weighted by atomic mass is 10.1. The summed E-state index contributed by atoms with van der Waals surface area (Å²) in [4.78, 5) is 23.9. The number of ether oxygens (including phenoxy) is 2. The molecular formula is C23H21N3O4S. The van der Waals surface area contributed by atoms with Gasteiger partial charge in [-0.25, -0.2) is 0 Å². The predicted octanol–water partition coefficient (Wildman–Crippen LogP) is 2.96. The van der Waals surface area contributed by atoms with E-state index in [1.165, 1.54) is 6.08 Å². The molecule has 0 saturated carbocycles. The van der Waals surface area contributed by atoms with E-state index < -0.39 is 11.8 Å². The first-order valence-corrected chi connectivity index (χ1v) is 9.78. The van der Waals surface area contributed by atoms with E-state index in [-0.39, 0.29) is 11.7 Å². The molecule has 0 aliphatic heterocycles. The third-order valence-electron chi connectivity index (χ3n) is 4.19. The van der Waals surface area contributed by atoms with Crippen LogP contribution in [0.4, 0.5) is 0 Å². The molecule has 2 amide bonds. The van der Waals surface area contributed by atoms with Crippen LogP contribution in [-0.2, 0) is 9.59 Å². The molecule has 3 aromatic rings. The molecule has 0 atom stereocenters. The molecule has 0 saturated heterocycles. The van der Waals surface area contributed by atoms with Crippen molar-refractivity contribution < 1.29 is 19.1 Å². The summed E-state index contributed by atoms with van der Waals surface area (Å²) in [6, 6.07) is 20.6. The molecule has 0 fully saturated rings. The van der Waals surface area contributed by atoms with Gasteiger partial charge < -0.3 is 9.47 Å². The molecule has 31 heavy (non-hydrogen) atoms. The molecule has 0 spiro atoms. The number of fused-ring (bicyclic) bond motifs is 1. The molecule has 0 aromatic heterocycles. The summed E-state index contributed by atoms with van der Waals surface area (Å²) in [5.74, 6) is 0.425. The Kier molecular flexibility index (Phi) is 7.56. The Morgan fingerprint density at radius 2 is 1.65 bits per heavy atom. The molecule has 0 radical (unpaired) electrons. The molecule has 3 aromatic carbocycles. The van der Waals surface area contributed by atoms with Gasteiger partial charge in [0.05, 0.1) is 7.11 Å². The summed E-state index contributed by atoms with van der Waals surface area (Å²) in [5.41, 5.74) is 5.66. The number of methoxy groups -OCH3 is 1. The van der Waals surface area contributed by atoms with Gasteiger partial charge in [-0.15, -0.1) is 0 Å². The molecule has 158 valence electrons. The number of hydrazine groups is 1. The van der Waals surface area contributed by atoms with Gasteiger partial charge in [-0.2, -0.15) is 0 Å². The van der Waals surface area contributed by atoms with Crippen molar-refractivity contribution in [1.29, 1.82) is 0 Å². The summed E-state index contributed by atoms with van der Waals surface area (Å²) in [6.45, 7) is -0.209. The van der Waals surface area contributed by atoms with Gasteiger partial charge in [-0.05, 0) is 58.9 Å². The van der Waals surface area contributed by atoms with Crippen LogP contribution in [0.15, 0.2) is 72.8 Å². The normalized spacial score (nSPS) is 10.5. The summed E-state index contributed by atoms with van der Waals surface area (Å²) in [6.07, 6.45) is 2.97. The number of hydrogen-bond acceptors (Lipinski definition) is 5. The van der Waals surface area contributed by atoms with Crippen molar-refractivity contribution in [2.75, 3.05) is 13.7 Å². The van der Waals surface area contributed by atoms with Crippen molar-refractivity contribution in [3.63, 3.8) is 0 Å². The van der Waals surface area contributed by atoms with E-state index in [1.807, 2.05) is 48.5 Å². The van der Waals surface area contributed by atoms with Gasteiger partial charge in [0.1, 0.15) is 11.5 Å². The Balaban J connectivity index is 1.39. The van der Waals surface area contributed by atoms with Crippen molar-refractivity contribution in [2.24, 2.45) is 0 Å². The van der Waals surface area contributed by atoms with Crippen LogP contribution in [0, 0.1) is 0 Å². The highest BCUT2D eigenvalue weighted by molar-refractivity contribution is 7.80. The molecule has 3 rings (SSSR count). The van der Waals surface area contributed by atoms with Crippen LogP contribution in [0.3, 0.4) is 0 Å². The summed E-state index contributed by atoms with van der Waals surface area (Å²) >= 11 is 4.99. The largest absolute Gasteiger partial charge is 0.497 e. The van der Waals surface area contributed by atoms with E-state index in [0.29, 0.717) is 5.75 Å². The SMILES string of the molecule is COc1ccc(/C=C/C(=O)NC(=S)NNC(=O)COc2ccc3ccccc3c2)cc1. The van der Waals surface area contributed by atoms with Gasteiger partial charge in [0.25, 0.3) is 5.91 Å². The van der Waals surface area contributed by atoms with Crippen molar-refractivity contribution in [2.45, 2.75) is 0 Å². The minimum absolute atomic E-state index is 0.0385. The van der Waals surface area contributed by atoms with E-state index >= 15 is 0 Å². The molecule has 7 nitrogen and oxygen atoms in total. The third-order valence-corrected chi connectivity index (χ3v) is 4.39. The maximum absolute atomic E-state index is 11.9. The molecule has 0 bridgehead atoms. The first kappa shape index (κ1) is 21.8. The second-order valence-electron chi connectivity index (χ2n) is 6.40. The molecule has 0 unspecified atom stereocenters. The van der Waals surface area contributed by atoms with Crippen molar-refractivity contribution >= 4 is 46.0 Å². The summed E-state index contributed by atoms with van der Waals surface area (Å²) in [5, 5.41) is 4.50. The Morgan fingerprint density at radius 1 is 0.935 bits per heavy atom. The highest BCUT2D eigenvalue weighted by Crippen LogP contribution is 2.20. The molecule has 0 heterocycles. The van der Waals surface area contributed by atoms with Crippen LogP contribution in [0.5, 0.6) is 11.5 Å². The number of thiocarbonyl (C=S) groups is 1. The van der Waals surface area contributed by atoms with E-state index in [1.54, 1.807) is 31.4 Å². The van der Waals surface area contributed by atoms with Gasteiger partial charge in [0.2, 0.25) is 5.91 Å². The van der Waals surface area contributed by atoms with Crippen molar-refractivity contribution in [3.8, 4) is 11.5 Å². The standard InChI is InChI=1S/C23H21N3O4S/c1-29-19-10-6-16(7-11-19)8-13-21(27)24-23(31)26-25-22(28)15-30-20-12-9-17-4-2-3-5-18(17)14-20/h2-14H,15H2,1H3,(H,25,28)(H2,24,26,27,31)/b13-8+. The van der Waals surface area contributed by atoms with Gasteiger partial charge >= 0.3 is 0 Å². The minimum Gasteiger partial charge on any atom is -0.497 e. The lowest BCUT2D eigenvalue weighted by molar-refractivity contribution is -0.123. The van der Waals surface area contributed by atoms with Crippen LogP contribution in [0.1, 0.15) is 5.56 Å². The zero-order chi connectivity index (χ0) is 22.1. The Hall–Kier alpha value is -3.91. The monoisotopic (exact) mass is 435 g/mol. The van der Waals surface area contributed by atoms with E-state index in [0.717, 1.165) is 22.1 Å². The predicted molar refractivity (Wildman–Crippen MR) is 123 cm³/mol. The summed E-state index contributed by atoms with van der Waals surface area (Å²) in [7, 11) is 1.58. The lowest BCUT2D eigenvalue weighted by Crippen LogP contribution is -2.49. The Morgan fingerprint density at radius 3 is 2.39 bits per heavy atom. The lowest BCUT2D eigenvalue weighted by Gasteiger charge is -2.11. The number of amides is 2. The fourth-order valence-electron chi connectivity index (χ4n) is 2.64. The second kappa shape index (κ2) is 10.7. The summed E-state index contributed by atoms with van der Waals surface area (Å²) < 4.78 is 10.6. The fraction of sp³-hybridized carbons (Fsp3) is 0.0870. The third kappa shape index (κ3) is 6.83. The maximum atomic E-state index is 11.9. The highest BCUT2D eigenvalue weighted by Gasteiger charge is 2.06. The highest BCUT2D eigenvalue weighted by atomic mass is 32.1. The fourth-order valence-corrected chi connectivity index (χ4v) is 2.79. The number of carbonyl (C=O) groups is 2. The maximum Gasteiger partial charge on any atom is 0.276 e. The zero-order valence-electron chi connectivity index (χ0n) is 16.8. The zero-order valence-corrected chi connectivity index (χ0v) is 17.6. The molecular weight excluding hydrogens is 414 g/mol. The van der Waals surface area contributed by atoms with E-state index in [2.05, 4.69) is 16.2 Å². The number of hydrogen-bond donors (Lipinski definition) is 3. The van der Waals surface area contributed by atoms with Crippen LogP contribution < -0.4 is 25.6 Å². The van der Waals surface area contributed by atoms with Gasteiger partial charge in [-0.3, -0.25) is 25.8 Å².